The lowest BCUT2D eigenvalue weighted by Crippen LogP contribution is -2.47. The first-order valence-electron chi connectivity index (χ1n) is 10.8. The van der Waals surface area contributed by atoms with E-state index < -0.39 is 5.60 Å². The molecule has 30 heavy (non-hydrogen) atoms. The Balaban J connectivity index is 1.67. The zero-order valence-electron chi connectivity index (χ0n) is 18.8. The molecule has 0 spiro atoms. The van der Waals surface area contributed by atoms with Gasteiger partial charge in [-0.05, 0) is 66.0 Å². The molecule has 164 valence electrons. The number of carbonyl (C=O) groups excluding carboxylic acids is 1. The first kappa shape index (κ1) is 22.3. The molecule has 1 unspecified atom stereocenters. The zero-order chi connectivity index (χ0) is 21.9. The molecule has 1 aliphatic heterocycles. The van der Waals surface area contributed by atoms with E-state index in [0.29, 0.717) is 24.5 Å². The highest BCUT2D eigenvalue weighted by Gasteiger charge is 2.29. The number of ether oxygens (including phenoxy) is 1. The number of carbonyl (C=O) groups is 1. The predicted octanol–water partition coefficient (Wildman–Crippen LogP) is 3.71. The van der Waals surface area contributed by atoms with E-state index in [1.54, 1.807) is 10.9 Å². The molecular formula is C23H34N4O3. The summed E-state index contributed by atoms with van der Waals surface area (Å²) in [6.45, 7) is 12.6. The Labute approximate surface area is 178 Å². The van der Waals surface area contributed by atoms with Crippen LogP contribution in [0.2, 0.25) is 0 Å². The molecule has 0 bridgehead atoms. The second-order valence-electron chi connectivity index (χ2n) is 9.49. The van der Waals surface area contributed by atoms with Crippen LogP contribution in [0.4, 0.5) is 4.79 Å². The fourth-order valence-electron chi connectivity index (χ4n) is 3.94. The molecule has 1 aromatic carbocycles. The van der Waals surface area contributed by atoms with Crippen LogP contribution in [0, 0.1) is 5.92 Å². The highest BCUT2D eigenvalue weighted by molar-refractivity contribution is 5.80. The predicted molar refractivity (Wildman–Crippen MR) is 118 cm³/mol. The largest absolute Gasteiger partial charge is 0.444 e. The number of nitrogens with zero attached hydrogens (tertiary/aromatic N) is 4. The van der Waals surface area contributed by atoms with Crippen LogP contribution >= 0.6 is 0 Å². The molecular weight excluding hydrogens is 380 g/mol. The minimum Gasteiger partial charge on any atom is -0.444 e. The number of rotatable bonds is 5. The molecule has 1 amide bonds. The van der Waals surface area contributed by atoms with E-state index >= 15 is 0 Å². The minimum atomic E-state index is -0.508. The van der Waals surface area contributed by atoms with Crippen molar-refractivity contribution in [2.45, 2.75) is 65.8 Å². The van der Waals surface area contributed by atoms with Crippen LogP contribution in [0.25, 0.3) is 10.8 Å². The third-order valence-corrected chi connectivity index (χ3v) is 5.41. The zero-order valence-corrected chi connectivity index (χ0v) is 18.8. The molecule has 1 saturated heterocycles. The number of amides is 1. The number of piperidine rings is 1. The minimum absolute atomic E-state index is 0.0622. The molecule has 0 aliphatic carbocycles. The van der Waals surface area contributed by atoms with Gasteiger partial charge < -0.3 is 9.64 Å². The molecule has 2 heterocycles. The summed E-state index contributed by atoms with van der Waals surface area (Å²) in [6, 6.07) is 7.61. The number of benzene rings is 1. The Morgan fingerprint density at radius 2 is 2.03 bits per heavy atom. The number of hydrogen-bond donors (Lipinski definition) is 0. The monoisotopic (exact) mass is 414 g/mol. The lowest BCUT2D eigenvalue weighted by atomic mass is 9.97. The van der Waals surface area contributed by atoms with Crippen molar-refractivity contribution in [1.29, 1.82) is 0 Å². The van der Waals surface area contributed by atoms with Gasteiger partial charge in [-0.3, -0.25) is 9.69 Å². The highest BCUT2D eigenvalue weighted by atomic mass is 16.6. The Bertz CT molecular complexity index is 932. The molecule has 1 atom stereocenters. The van der Waals surface area contributed by atoms with Crippen molar-refractivity contribution in [3.05, 3.63) is 40.8 Å². The maximum atomic E-state index is 12.8. The van der Waals surface area contributed by atoms with E-state index in [4.69, 9.17) is 4.74 Å². The van der Waals surface area contributed by atoms with Crippen molar-refractivity contribution >= 4 is 16.9 Å². The summed E-state index contributed by atoms with van der Waals surface area (Å²) in [5.74, 6) is 0.338. The Morgan fingerprint density at radius 1 is 1.30 bits per heavy atom. The smallest absolute Gasteiger partial charge is 0.410 e. The van der Waals surface area contributed by atoms with Gasteiger partial charge in [0.15, 0.2) is 0 Å². The number of hydrogen-bond acceptors (Lipinski definition) is 5. The first-order chi connectivity index (χ1) is 14.1. The van der Waals surface area contributed by atoms with Crippen molar-refractivity contribution in [2.75, 3.05) is 19.6 Å². The Kier molecular flexibility index (Phi) is 6.81. The van der Waals surface area contributed by atoms with Crippen molar-refractivity contribution in [2.24, 2.45) is 5.92 Å². The van der Waals surface area contributed by atoms with Crippen molar-refractivity contribution in [1.82, 2.24) is 19.6 Å². The molecule has 0 radical (unpaired) electrons. The van der Waals surface area contributed by atoms with Crippen LogP contribution in [-0.4, -0.2) is 57.0 Å². The summed E-state index contributed by atoms with van der Waals surface area (Å²) in [6.07, 6.45) is 3.58. The molecule has 1 aliphatic rings. The van der Waals surface area contributed by atoms with Gasteiger partial charge in [0.1, 0.15) is 5.60 Å². The van der Waals surface area contributed by atoms with Gasteiger partial charge in [-0.15, -0.1) is 0 Å². The number of likely N-dealkylation sites (tertiary alicyclic amines) is 1. The van der Waals surface area contributed by atoms with E-state index in [1.165, 1.54) is 0 Å². The van der Waals surface area contributed by atoms with Gasteiger partial charge in [0.05, 0.1) is 18.3 Å². The molecule has 1 fully saturated rings. The summed E-state index contributed by atoms with van der Waals surface area (Å²) in [4.78, 5) is 29.5. The van der Waals surface area contributed by atoms with E-state index in [-0.39, 0.29) is 17.7 Å². The lowest BCUT2D eigenvalue weighted by molar-refractivity contribution is 0.0108. The molecule has 0 N–H and O–H groups in total. The third-order valence-electron chi connectivity index (χ3n) is 5.41. The summed E-state index contributed by atoms with van der Waals surface area (Å²) in [7, 11) is 0. The van der Waals surface area contributed by atoms with E-state index in [9.17, 15) is 9.59 Å². The number of aromatic nitrogens is 2. The van der Waals surface area contributed by atoms with E-state index in [1.807, 2.05) is 63.8 Å². The van der Waals surface area contributed by atoms with Crippen molar-refractivity contribution < 1.29 is 9.53 Å². The SMILES string of the molecule is CC(C)N(CC1CCCN(Cn2ncc3ccccc3c2=O)C1)C(=O)OC(C)(C)C. The average molecular weight is 415 g/mol. The van der Waals surface area contributed by atoms with Crippen LogP contribution in [0.5, 0.6) is 0 Å². The molecule has 0 saturated carbocycles. The summed E-state index contributed by atoms with van der Waals surface area (Å²) < 4.78 is 7.14. The van der Waals surface area contributed by atoms with E-state index in [0.717, 1.165) is 31.3 Å². The van der Waals surface area contributed by atoms with Gasteiger partial charge in [0.25, 0.3) is 5.56 Å². The van der Waals surface area contributed by atoms with Gasteiger partial charge in [-0.1, -0.05) is 18.2 Å². The number of fused-ring (bicyclic) bond motifs is 1. The van der Waals surface area contributed by atoms with Crippen LogP contribution in [0.15, 0.2) is 35.3 Å². The maximum absolute atomic E-state index is 12.8. The van der Waals surface area contributed by atoms with Crippen LogP contribution in [-0.2, 0) is 11.4 Å². The Hall–Kier alpha value is -2.41. The van der Waals surface area contributed by atoms with Gasteiger partial charge in [-0.2, -0.15) is 5.10 Å². The van der Waals surface area contributed by atoms with E-state index in [2.05, 4.69) is 10.00 Å². The topological polar surface area (TPSA) is 67.7 Å². The first-order valence-corrected chi connectivity index (χ1v) is 10.8. The van der Waals surface area contributed by atoms with Gasteiger partial charge in [-0.25, -0.2) is 9.48 Å². The summed E-state index contributed by atoms with van der Waals surface area (Å²) >= 11 is 0. The standard InChI is InChI=1S/C23H34N4O3/c1-17(2)26(22(29)30-23(3,4)5)15-18-9-8-12-25(14-18)16-27-21(28)20-11-7-6-10-19(20)13-24-27/h6-7,10-11,13,17-18H,8-9,12,14-16H2,1-5H3. The normalized spacial score (nSPS) is 18.0. The van der Waals surface area contributed by atoms with Crippen LogP contribution in [0.1, 0.15) is 47.5 Å². The van der Waals surface area contributed by atoms with Crippen LogP contribution in [0.3, 0.4) is 0 Å². The fourth-order valence-corrected chi connectivity index (χ4v) is 3.94. The molecule has 1 aromatic heterocycles. The van der Waals surface area contributed by atoms with Gasteiger partial charge >= 0.3 is 6.09 Å². The maximum Gasteiger partial charge on any atom is 0.410 e. The molecule has 7 heteroatoms. The average Bonchev–Trinajstić information content (AvgIpc) is 2.67. The van der Waals surface area contributed by atoms with Gasteiger partial charge in [0.2, 0.25) is 0 Å². The quantitative estimate of drug-likeness (QED) is 0.746. The molecule has 2 aromatic rings. The molecule has 3 rings (SSSR count). The molecule has 7 nitrogen and oxygen atoms in total. The second-order valence-corrected chi connectivity index (χ2v) is 9.49. The lowest BCUT2D eigenvalue weighted by Gasteiger charge is -2.37. The van der Waals surface area contributed by atoms with Gasteiger partial charge in [0, 0.05) is 24.5 Å². The van der Waals surface area contributed by atoms with Crippen molar-refractivity contribution in [3.8, 4) is 0 Å². The summed E-state index contributed by atoms with van der Waals surface area (Å²) in [5.41, 5.74) is -0.570. The Morgan fingerprint density at radius 3 is 2.73 bits per heavy atom. The van der Waals surface area contributed by atoms with Crippen LogP contribution < -0.4 is 5.56 Å². The summed E-state index contributed by atoms with van der Waals surface area (Å²) in [5, 5.41) is 5.91. The second kappa shape index (κ2) is 9.16. The third kappa shape index (κ3) is 5.59. The fraction of sp³-hybridized carbons (Fsp3) is 0.609. The highest BCUT2D eigenvalue weighted by Crippen LogP contribution is 2.21. The van der Waals surface area contributed by atoms with Crippen molar-refractivity contribution in [3.63, 3.8) is 0 Å².